The van der Waals surface area contributed by atoms with Gasteiger partial charge in [0, 0.05) is 37.2 Å². The highest BCUT2D eigenvalue weighted by Crippen LogP contribution is 2.15. The van der Waals surface area contributed by atoms with Gasteiger partial charge in [0.2, 0.25) is 0 Å². The Kier molecular flexibility index (Phi) is 8.27. The van der Waals surface area contributed by atoms with Gasteiger partial charge in [-0.3, -0.25) is 4.90 Å². The maximum atomic E-state index is 13.5. The van der Waals surface area contributed by atoms with Gasteiger partial charge >= 0.3 is 0 Å². The van der Waals surface area contributed by atoms with Crippen LogP contribution in [0.1, 0.15) is 19.4 Å². The van der Waals surface area contributed by atoms with Crippen LogP contribution in [0.25, 0.3) is 0 Å². The maximum absolute atomic E-state index is 13.5. The number of benzene rings is 1. The molecular weight excluding hydrogens is 403 g/mol. The highest BCUT2D eigenvalue weighted by Gasteiger charge is 2.25. The lowest BCUT2D eigenvalue weighted by Gasteiger charge is -2.34. The normalized spacial score (nSPS) is 18.4. The number of nitrogens with one attached hydrogen (secondary N) is 2. The number of aliphatic hydroxyl groups is 1. The van der Waals surface area contributed by atoms with Crippen LogP contribution < -0.4 is 10.6 Å². The smallest absolute Gasteiger partial charge is 0.191 e. The predicted octanol–water partition coefficient (Wildman–Crippen LogP) is 1.73. The molecule has 1 saturated heterocycles. The minimum absolute atomic E-state index is 0.295. The number of ether oxygens (including phenoxy) is 1. The van der Waals surface area contributed by atoms with Crippen molar-refractivity contribution in [1.29, 1.82) is 0 Å². The van der Waals surface area contributed by atoms with E-state index in [0.717, 1.165) is 18.7 Å². The molecule has 0 bridgehead atoms. The third-order valence-corrected chi connectivity index (χ3v) is 4.45. The van der Waals surface area contributed by atoms with Crippen molar-refractivity contribution in [2.24, 2.45) is 4.99 Å². The Hall–Kier alpha value is -1.22. The largest absolute Gasteiger partial charge is 0.387 e. The molecule has 1 fully saturated rings. The molecule has 146 valence electrons. The second-order valence-electron chi connectivity index (χ2n) is 6.71. The first-order valence-corrected chi connectivity index (χ1v) is 9.67. The number of rotatable bonds is 7. The predicted molar refractivity (Wildman–Crippen MR) is 105 cm³/mol. The summed E-state index contributed by atoms with van der Waals surface area (Å²) in [5.41, 5.74) is -0.121. The summed E-state index contributed by atoms with van der Waals surface area (Å²) in [6.45, 7) is 8.83. The molecule has 6 nitrogen and oxygen atoms in total. The molecule has 1 atom stereocenters. The number of hydrogen-bond donors (Lipinski definition) is 3. The zero-order valence-electron chi connectivity index (χ0n) is 15.4. The Morgan fingerprint density at radius 2 is 2.08 bits per heavy atom. The highest BCUT2D eigenvalue weighted by atomic mass is 79.9. The van der Waals surface area contributed by atoms with Gasteiger partial charge in [0.25, 0.3) is 0 Å². The summed E-state index contributed by atoms with van der Waals surface area (Å²) < 4.78 is 19.5. The van der Waals surface area contributed by atoms with Gasteiger partial charge in [-0.2, -0.15) is 0 Å². The molecule has 1 aliphatic heterocycles. The van der Waals surface area contributed by atoms with Crippen molar-refractivity contribution in [3.05, 3.63) is 34.1 Å². The fourth-order valence-electron chi connectivity index (χ4n) is 2.79. The van der Waals surface area contributed by atoms with Gasteiger partial charge in [0.1, 0.15) is 5.82 Å². The van der Waals surface area contributed by atoms with E-state index in [1.54, 1.807) is 0 Å². The standard InChI is InChI=1S/C18H28BrFN4O2/c1-3-21-17(22-11-14-8-15(19)10-16(20)9-14)23-12-18(2,25)13-24-4-6-26-7-5-24/h8-10,25H,3-7,11-13H2,1-2H3,(H2,21,22,23). The Balaban J connectivity index is 1.91. The molecule has 1 unspecified atom stereocenters. The SMILES string of the molecule is CCNC(=NCc1cc(F)cc(Br)c1)NCC(C)(O)CN1CCOCC1. The average Bonchev–Trinajstić information content (AvgIpc) is 2.57. The third-order valence-electron chi connectivity index (χ3n) is 3.99. The Labute approximate surface area is 163 Å². The van der Waals surface area contributed by atoms with E-state index in [2.05, 4.69) is 36.5 Å². The molecular formula is C18H28BrFN4O2. The van der Waals surface area contributed by atoms with Crippen LogP contribution in [0.3, 0.4) is 0 Å². The topological polar surface area (TPSA) is 69.1 Å². The van der Waals surface area contributed by atoms with Gasteiger partial charge in [-0.1, -0.05) is 15.9 Å². The summed E-state index contributed by atoms with van der Waals surface area (Å²) in [6, 6.07) is 4.72. The van der Waals surface area contributed by atoms with Gasteiger partial charge in [0.15, 0.2) is 5.96 Å². The van der Waals surface area contributed by atoms with Crippen LogP contribution in [0.2, 0.25) is 0 Å². The number of β-amino-alcohol motifs (C(OH)–C–C–N with tert-alkyl or cyclic N) is 1. The molecule has 8 heteroatoms. The number of guanidine groups is 1. The molecule has 0 radical (unpaired) electrons. The summed E-state index contributed by atoms with van der Waals surface area (Å²) in [5.74, 6) is 0.297. The van der Waals surface area contributed by atoms with Crippen molar-refractivity contribution in [3.8, 4) is 0 Å². The molecule has 1 aromatic rings. The fraction of sp³-hybridized carbons (Fsp3) is 0.611. The summed E-state index contributed by atoms with van der Waals surface area (Å²) in [6.07, 6.45) is 0. The van der Waals surface area contributed by atoms with Gasteiger partial charge < -0.3 is 20.5 Å². The van der Waals surface area contributed by atoms with E-state index in [-0.39, 0.29) is 5.82 Å². The summed E-state index contributed by atoms with van der Waals surface area (Å²) in [4.78, 5) is 6.67. The number of nitrogens with zero attached hydrogens (tertiary/aromatic N) is 2. The first kappa shape index (κ1) is 21.1. The lowest BCUT2D eigenvalue weighted by molar-refractivity contribution is -0.0201. The minimum atomic E-state index is -0.893. The van der Waals surface area contributed by atoms with E-state index in [1.807, 2.05) is 19.9 Å². The molecule has 1 heterocycles. The summed E-state index contributed by atoms with van der Waals surface area (Å²) >= 11 is 3.29. The van der Waals surface area contributed by atoms with Gasteiger partial charge in [-0.15, -0.1) is 0 Å². The van der Waals surface area contributed by atoms with E-state index in [9.17, 15) is 9.50 Å². The molecule has 1 aliphatic rings. The van der Waals surface area contributed by atoms with Crippen molar-refractivity contribution in [2.75, 3.05) is 45.9 Å². The number of aliphatic imine (C=N–C) groups is 1. The zero-order chi connectivity index (χ0) is 19.0. The Morgan fingerprint density at radius 1 is 1.35 bits per heavy atom. The van der Waals surface area contributed by atoms with E-state index in [4.69, 9.17) is 4.74 Å². The zero-order valence-corrected chi connectivity index (χ0v) is 17.0. The third kappa shape index (κ3) is 7.57. The molecule has 1 aromatic carbocycles. The van der Waals surface area contributed by atoms with Crippen molar-refractivity contribution in [2.45, 2.75) is 26.0 Å². The molecule has 26 heavy (non-hydrogen) atoms. The van der Waals surface area contributed by atoms with Crippen molar-refractivity contribution < 1.29 is 14.2 Å². The second-order valence-corrected chi connectivity index (χ2v) is 7.63. The van der Waals surface area contributed by atoms with Crippen LogP contribution in [0.15, 0.2) is 27.7 Å². The Bertz CT molecular complexity index is 587. The molecule has 0 aliphatic carbocycles. The van der Waals surface area contributed by atoms with Crippen LogP contribution in [-0.2, 0) is 11.3 Å². The lowest BCUT2D eigenvalue weighted by Crippen LogP contribution is -2.52. The highest BCUT2D eigenvalue weighted by molar-refractivity contribution is 9.10. The number of morpholine rings is 1. The Morgan fingerprint density at radius 3 is 2.73 bits per heavy atom. The fourth-order valence-corrected chi connectivity index (χ4v) is 3.30. The molecule has 0 saturated carbocycles. The first-order valence-electron chi connectivity index (χ1n) is 8.87. The van der Waals surface area contributed by atoms with Crippen LogP contribution in [0, 0.1) is 5.82 Å². The quantitative estimate of drug-likeness (QED) is 0.453. The molecule has 0 aromatic heterocycles. The van der Waals surface area contributed by atoms with Crippen molar-refractivity contribution >= 4 is 21.9 Å². The molecule has 0 amide bonds. The summed E-state index contributed by atoms with van der Waals surface area (Å²) in [5, 5.41) is 17.0. The average molecular weight is 431 g/mol. The number of hydrogen-bond acceptors (Lipinski definition) is 4. The van der Waals surface area contributed by atoms with Crippen LogP contribution >= 0.6 is 15.9 Å². The lowest BCUT2D eigenvalue weighted by atomic mass is 10.1. The van der Waals surface area contributed by atoms with Gasteiger partial charge in [-0.05, 0) is 37.6 Å². The summed E-state index contributed by atoms with van der Waals surface area (Å²) in [7, 11) is 0. The first-order chi connectivity index (χ1) is 12.4. The molecule has 0 spiro atoms. The van der Waals surface area contributed by atoms with Crippen molar-refractivity contribution in [1.82, 2.24) is 15.5 Å². The van der Waals surface area contributed by atoms with Crippen LogP contribution in [-0.4, -0.2) is 67.5 Å². The number of halogens is 2. The van der Waals surface area contributed by atoms with Crippen LogP contribution in [0.4, 0.5) is 4.39 Å². The van der Waals surface area contributed by atoms with E-state index in [1.165, 1.54) is 12.1 Å². The van der Waals surface area contributed by atoms with Gasteiger partial charge in [0.05, 0.1) is 25.4 Å². The van der Waals surface area contributed by atoms with E-state index >= 15 is 0 Å². The minimum Gasteiger partial charge on any atom is -0.387 e. The van der Waals surface area contributed by atoms with Gasteiger partial charge in [-0.25, -0.2) is 9.38 Å². The second kappa shape index (κ2) is 10.2. The molecule has 3 N–H and O–H groups in total. The van der Waals surface area contributed by atoms with Crippen molar-refractivity contribution in [3.63, 3.8) is 0 Å². The monoisotopic (exact) mass is 430 g/mol. The van der Waals surface area contributed by atoms with E-state index < -0.39 is 5.60 Å². The maximum Gasteiger partial charge on any atom is 0.191 e. The van der Waals surface area contributed by atoms with Crippen LogP contribution in [0.5, 0.6) is 0 Å². The van der Waals surface area contributed by atoms with E-state index in [0.29, 0.717) is 49.8 Å². The molecule has 2 rings (SSSR count).